The highest BCUT2D eigenvalue weighted by atomic mass is 16.5. The number of carbonyl (C=O) groups excluding carboxylic acids is 1. The molecular weight excluding hydrogens is 422 g/mol. The summed E-state index contributed by atoms with van der Waals surface area (Å²) in [6.45, 7) is 2.68. The number of hydrogen-bond donors (Lipinski definition) is 1. The van der Waals surface area contributed by atoms with E-state index in [1.54, 1.807) is 6.20 Å². The highest BCUT2D eigenvalue weighted by Crippen LogP contribution is 2.38. The number of ether oxygens (including phenoxy) is 1. The van der Waals surface area contributed by atoms with E-state index in [1.165, 1.54) is 0 Å². The maximum absolute atomic E-state index is 12.7. The number of carbonyl (C=O) groups is 1. The molecule has 5 heteroatoms. The van der Waals surface area contributed by atoms with Crippen molar-refractivity contribution in [1.29, 1.82) is 0 Å². The summed E-state index contributed by atoms with van der Waals surface area (Å²) in [6, 6.07) is 24.3. The first-order valence-electron chi connectivity index (χ1n) is 11.7. The SMILES string of the molecule is CN(Cc1c(O[C@@](C)(c2ccccc2)c2ncc[nH]2)ccc2c1CCCC2=O)c1ccccc1. The molecule has 5 rings (SSSR count). The lowest BCUT2D eigenvalue weighted by Gasteiger charge is -2.33. The van der Waals surface area contributed by atoms with E-state index in [-0.39, 0.29) is 5.78 Å². The average Bonchev–Trinajstić information content (AvgIpc) is 3.42. The monoisotopic (exact) mass is 451 g/mol. The van der Waals surface area contributed by atoms with Gasteiger partial charge in [-0.15, -0.1) is 0 Å². The first-order chi connectivity index (χ1) is 16.6. The van der Waals surface area contributed by atoms with Crippen molar-refractivity contribution < 1.29 is 9.53 Å². The molecule has 1 atom stereocenters. The van der Waals surface area contributed by atoms with Crippen LogP contribution in [0.5, 0.6) is 5.75 Å². The lowest BCUT2D eigenvalue weighted by molar-refractivity contribution is 0.0971. The third-order valence-electron chi connectivity index (χ3n) is 6.70. The van der Waals surface area contributed by atoms with Crippen LogP contribution in [0.2, 0.25) is 0 Å². The lowest BCUT2D eigenvalue weighted by Crippen LogP contribution is -2.33. The van der Waals surface area contributed by atoms with Crippen molar-refractivity contribution in [3.05, 3.63) is 113 Å². The Morgan fingerprint density at radius 2 is 1.74 bits per heavy atom. The van der Waals surface area contributed by atoms with Crippen molar-refractivity contribution in [1.82, 2.24) is 9.97 Å². The van der Waals surface area contributed by atoms with Crippen LogP contribution in [0.25, 0.3) is 0 Å². The third kappa shape index (κ3) is 4.10. The number of rotatable bonds is 7. The van der Waals surface area contributed by atoms with Gasteiger partial charge in [0.1, 0.15) is 5.75 Å². The molecule has 0 radical (unpaired) electrons. The van der Waals surface area contributed by atoms with Crippen molar-refractivity contribution in [2.45, 2.75) is 38.3 Å². The van der Waals surface area contributed by atoms with E-state index in [0.717, 1.165) is 52.4 Å². The molecule has 172 valence electrons. The van der Waals surface area contributed by atoms with Crippen LogP contribution in [0.4, 0.5) is 5.69 Å². The van der Waals surface area contributed by atoms with Gasteiger partial charge in [0.15, 0.2) is 17.2 Å². The van der Waals surface area contributed by atoms with Gasteiger partial charge in [0.05, 0.1) is 0 Å². The van der Waals surface area contributed by atoms with Crippen molar-refractivity contribution in [2.75, 3.05) is 11.9 Å². The summed E-state index contributed by atoms with van der Waals surface area (Å²) in [6.07, 6.45) is 5.91. The summed E-state index contributed by atoms with van der Waals surface area (Å²) >= 11 is 0. The van der Waals surface area contributed by atoms with Gasteiger partial charge in [0.2, 0.25) is 0 Å². The van der Waals surface area contributed by atoms with E-state index < -0.39 is 5.60 Å². The van der Waals surface area contributed by atoms with Gasteiger partial charge < -0.3 is 14.6 Å². The number of fused-ring (bicyclic) bond motifs is 1. The Morgan fingerprint density at radius 3 is 2.44 bits per heavy atom. The normalized spacial score (nSPS) is 14.8. The van der Waals surface area contributed by atoms with Gasteiger partial charge in [0.25, 0.3) is 0 Å². The number of imidazole rings is 1. The molecule has 4 aromatic rings. The van der Waals surface area contributed by atoms with Gasteiger partial charge in [-0.25, -0.2) is 4.98 Å². The fourth-order valence-corrected chi connectivity index (χ4v) is 4.80. The van der Waals surface area contributed by atoms with Crippen LogP contribution in [-0.2, 0) is 18.6 Å². The van der Waals surface area contributed by atoms with Gasteiger partial charge in [-0.05, 0) is 49.6 Å². The molecule has 1 aliphatic carbocycles. The third-order valence-corrected chi connectivity index (χ3v) is 6.70. The molecule has 0 unspecified atom stereocenters. The van der Waals surface area contributed by atoms with E-state index in [0.29, 0.717) is 13.0 Å². The van der Waals surface area contributed by atoms with Crippen LogP contribution in [0.3, 0.4) is 0 Å². The zero-order valence-corrected chi connectivity index (χ0v) is 19.6. The van der Waals surface area contributed by atoms with Crippen molar-refractivity contribution >= 4 is 11.5 Å². The highest BCUT2D eigenvalue weighted by Gasteiger charge is 2.35. The number of aromatic amines is 1. The number of para-hydroxylation sites is 1. The predicted molar refractivity (Wildman–Crippen MR) is 134 cm³/mol. The minimum absolute atomic E-state index is 0.216. The van der Waals surface area contributed by atoms with E-state index >= 15 is 0 Å². The maximum atomic E-state index is 12.7. The first-order valence-corrected chi connectivity index (χ1v) is 11.7. The topological polar surface area (TPSA) is 58.2 Å². The largest absolute Gasteiger partial charge is 0.475 e. The molecule has 0 bridgehead atoms. The lowest BCUT2D eigenvalue weighted by atomic mass is 9.86. The van der Waals surface area contributed by atoms with Crippen LogP contribution >= 0.6 is 0 Å². The molecule has 1 heterocycles. The summed E-state index contributed by atoms with van der Waals surface area (Å²) in [7, 11) is 2.08. The van der Waals surface area contributed by atoms with E-state index in [9.17, 15) is 4.79 Å². The summed E-state index contributed by atoms with van der Waals surface area (Å²) in [5.41, 5.74) is 4.29. The summed E-state index contributed by atoms with van der Waals surface area (Å²) in [4.78, 5) is 22.7. The maximum Gasteiger partial charge on any atom is 0.188 e. The van der Waals surface area contributed by atoms with Crippen molar-refractivity contribution in [2.24, 2.45) is 0 Å². The number of anilines is 1. The number of Topliss-reactive ketones (excluding diaryl/α,β-unsaturated/α-hetero) is 1. The fourth-order valence-electron chi connectivity index (χ4n) is 4.80. The quantitative estimate of drug-likeness (QED) is 0.380. The minimum Gasteiger partial charge on any atom is -0.475 e. The number of benzene rings is 3. The predicted octanol–water partition coefficient (Wildman–Crippen LogP) is 5.91. The second-order valence-electron chi connectivity index (χ2n) is 8.98. The van der Waals surface area contributed by atoms with Gasteiger partial charge in [-0.2, -0.15) is 0 Å². The summed E-state index contributed by atoms with van der Waals surface area (Å²) in [5.74, 6) is 1.72. The van der Waals surface area contributed by atoms with Crippen LogP contribution in [0.1, 0.15) is 52.6 Å². The number of hydrogen-bond acceptors (Lipinski definition) is 4. The molecule has 3 aromatic carbocycles. The van der Waals surface area contributed by atoms with Crippen molar-refractivity contribution in [3.63, 3.8) is 0 Å². The zero-order chi connectivity index (χ0) is 23.5. The average molecular weight is 452 g/mol. The molecule has 0 amide bonds. The van der Waals surface area contributed by atoms with Crippen molar-refractivity contribution in [3.8, 4) is 5.75 Å². The summed E-state index contributed by atoms with van der Waals surface area (Å²) < 4.78 is 6.87. The zero-order valence-electron chi connectivity index (χ0n) is 19.6. The van der Waals surface area contributed by atoms with E-state index in [4.69, 9.17) is 4.74 Å². The van der Waals surface area contributed by atoms with Crippen LogP contribution in [0.15, 0.2) is 85.2 Å². The molecule has 1 N–H and O–H groups in total. The molecule has 0 saturated heterocycles. The smallest absolute Gasteiger partial charge is 0.188 e. The second-order valence-corrected chi connectivity index (χ2v) is 8.98. The molecule has 0 spiro atoms. The van der Waals surface area contributed by atoms with Gasteiger partial charge in [-0.1, -0.05) is 48.5 Å². The Bertz CT molecular complexity index is 1270. The van der Waals surface area contributed by atoms with Crippen LogP contribution < -0.4 is 9.64 Å². The number of nitrogens with one attached hydrogen (secondary N) is 1. The standard InChI is InChI=1S/C29H29N3O2/c1-29(28-30-18-19-31-28,21-10-5-3-6-11-21)34-27-17-16-24-23(14-9-15-26(24)33)25(27)20-32(2)22-12-7-4-8-13-22/h3-8,10-13,16-19H,9,14-15,20H2,1-2H3,(H,30,31)/t29-/m0/s1. The molecule has 0 saturated carbocycles. The fraction of sp³-hybridized carbons (Fsp3) is 0.241. The number of nitrogens with zero attached hydrogens (tertiary/aromatic N) is 2. The van der Waals surface area contributed by atoms with Crippen LogP contribution in [0, 0.1) is 0 Å². The van der Waals surface area contributed by atoms with Gasteiger partial charge in [0, 0.05) is 54.8 Å². The molecule has 0 fully saturated rings. The molecule has 1 aromatic heterocycles. The van der Waals surface area contributed by atoms with Gasteiger partial charge in [-0.3, -0.25) is 4.79 Å². The molecule has 5 nitrogen and oxygen atoms in total. The van der Waals surface area contributed by atoms with Gasteiger partial charge >= 0.3 is 0 Å². The Labute approximate surface area is 200 Å². The number of ketones is 1. The van der Waals surface area contributed by atoms with E-state index in [1.807, 2.05) is 61.7 Å². The Kier molecular flexibility index (Phi) is 5.93. The molecule has 1 aliphatic rings. The second kappa shape index (κ2) is 9.18. The van der Waals surface area contributed by atoms with E-state index in [2.05, 4.69) is 46.2 Å². The molecular formula is C29H29N3O2. The molecule has 0 aliphatic heterocycles. The Hall–Kier alpha value is -3.86. The number of aromatic nitrogens is 2. The Balaban J connectivity index is 1.61. The summed E-state index contributed by atoms with van der Waals surface area (Å²) in [5, 5.41) is 0. The van der Waals surface area contributed by atoms with Crippen LogP contribution in [-0.4, -0.2) is 22.8 Å². The minimum atomic E-state index is -0.822. The first kappa shape index (κ1) is 22.0. The Morgan fingerprint density at radius 1 is 1.00 bits per heavy atom. The number of H-pyrrole nitrogens is 1. The highest BCUT2D eigenvalue weighted by molar-refractivity contribution is 5.99. The molecule has 34 heavy (non-hydrogen) atoms.